The normalized spacial score (nSPS) is 10.4. The molecule has 0 unspecified atom stereocenters. The summed E-state index contributed by atoms with van der Waals surface area (Å²) in [5.74, 6) is -6.08. The number of rotatable bonds is 4. The highest BCUT2D eigenvalue weighted by Gasteiger charge is 2.16. The lowest BCUT2D eigenvalue weighted by atomic mass is 10.2. The standard InChI is InChI=1S/C15H9Cl2F3N2O2/c16-8-3-7(4-9(17)5-8)15(24)21-6-12(23)22-11-2-1-10(18)13(19)14(11)20/h1-5H,6H2,(H,21,24)(H,22,23). The van der Waals surface area contributed by atoms with Crippen molar-refractivity contribution in [1.82, 2.24) is 5.32 Å². The number of benzene rings is 2. The molecule has 24 heavy (non-hydrogen) atoms. The quantitative estimate of drug-likeness (QED) is 0.797. The average molecular weight is 377 g/mol. The largest absolute Gasteiger partial charge is 0.343 e. The van der Waals surface area contributed by atoms with Gasteiger partial charge in [-0.05, 0) is 30.3 Å². The molecule has 9 heteroatoms. The van der Waals surface area contributed by atoms with E-state index in [0.29, 0.717) is 6.07 Å². The van der Waals surface area contributed by atoms with Crippen LogP contribution < -0.4 is 10.6 Å². The highest BCUT2D eigenvalue weighted by atomic mass is 35.5. The molecule has 2 aromatic carbocycles. The van der Waals surface area contributed by atoms with Crippen molar-refractivity contribution in [2.75, 3.05) is 11.9 Å². The number of hydrogen-bond donors (Lipinski definition) is 2. The zero-order valence-corrected chi connectivity index (χ0v) is 13.3. The van der Waals surface area contributed by atoms with Gasteiger partial charge in [0.25, 0.3) is 5.91 Å². The first kappa shape index (κ1) is 18.1. The molecule has 126 valence electrons. The molecular weight excluding hydrogens is 368 g/mol. The molecule has 2 amide bonds. The number of anilines is 1. The lowest BCUT2D eigenvalue weighted by molar-refractivity contribution is -0.115. The summed E-state index contributed by atoms with van der Waals surface area (Å²) in [4.78, 5) is 23.5. The third-order valence-electron chi connectivity index (χ3n) is 2.84. The van der Waals surface area contributed by atoms with Crippen molar-refractivity contribution in [3.05, 3.63) is 63.4 Å². The van der Waals surface area contributed by atoms with E-state index in [-0.39, 0.29) is 15.6 Å². The van der Waals surface area contributed by atoms with Crippen molar-refractivity contribution < 1.29 is 22.8 Å². The Morgan fingerprint density at radius 2 is 1.58 bits per heavy atom. The summed E-state index contributed by atoms with van der Waals surface area (Å²) in [5, 5.41) is 4.75. The Morgan fingerprint density at radius 1 is 0.958 bits per heavy atom. The van der Waals surface area contributed by atoms with Crippen LogP contribution >= 0.6 is 23.2 Å². The minimum Gasteiger partial charge on any atom is -0.343 e. The van der Waals surface area contributed by atoms with E-state index in [9.17, 15) is 22.8 Å². The first-order chi connectivity index (χ1) is 11.3. The second-order valence-electron chi connectivity index (χ2n) is 4.61. The molecule has 0 aliphatic heterocycles. The molecule has 4 nitrogen and oxygen atoms in total. The lowest BCUT2D eigenvalue weighted by Crippen LogP contribution is -2.33. The maximum atomic E-state index is 13.4. The molecule has 2 aromatic rings. The predicted octanol–water partition coefficient (Wildman–Crippen LogP) is 3.78. The Balaban J connectivity index is 1.98. The molecule has 0 aliphatic carbocycles. The molecule has 0 aromatic heterocycles. The van der Waals surface area contributed by atoms with E-state index in [1.54, 1.807) is 0 Å². The van der Waals surface area contributed by atoms with Crippen molar-refractivity contribution in [1.29, 1.82) is 0 Å². The third kappa shape index (κ3) is 4.39. The van der Waals surface area contributed by atoms with Crippen LogP contribution in [0, 0.1) is 17.5 Å². The summed E-state index contributed by atoms with van der Waals surface area (Å²) in [6.07, 6.45) is 0. The molecule has 0 saturated carbocycles. The van der Waals surface area contributed by atoms with E-state index in [1.807, 2.05) is 5.32 Å². The van der Waals surface area contributed by atoms with Crippen LogP contribution in [0.2, 0.25) is 10.0 Å². The van der Waals surface area contributed by atoms with Gasteiger partial charge in [-0.1, -0.05) is 23.2 Å². The highest BCUT2D eigenvalue weighted by Crippen LogP contribution is 2.20. The summed E-state index contributed by atoms with van der Waals surface area (Å²) in [5.41, 5.74) is -0.418. The van der Waals surface area contributed by atoms with Gasteiger partial charge in [-0.25, -0.2) is 13.2 Å². The molecule has 0 spiro atoms. The van der Waals surface area contributed by atoms with E-state index in [2.05, 4.69) is 5.32 Å². The smallest absolute Gasteiger partial charge is 0.251 e. The number of hydrogen-bond acceptors (Lipinski definition) is 2. The van der Waals surface area contributed by atoms with Crippen LogP contribution in [0.25, 0.3) is 0 Å². The monoisotopic (exact) mass is 376 g/mol. The number of carbonyl (C=O) groups excluding carboxylic acids is 2. The van der Waals surface area contributed by atoms with E-state index in [4.69, 9.17) is 23.2 Å². The molecule has 0 radical (unpaired) electrons. The Labute approximate surface area is 144 Å². The molecule has 2 rings (SSSR count). The fraction of sp³-hybridized carbons (Fsp3) is 0.0667. The van der Waals surface area contributed by atoms with Crippen LogP contribution in [0.1, 0.15) is 10.4 Å². The highest BCUT2D eigenvalue weighted by molar-refractivity contribution is 6.35. The Bertz CT molecular complexity index is 795. The third-order valence-corrected chi connectivity index (χ3v) is 3.28. The molecule has 0 fully saturated rings. The molecule has 0 atom stereocenters. The minimum absolute atomic E-state index is 0.124. The molecule has 0 saturated heterocycles. The van der Waals surface area contributed by atoms with Gasteiger partial charge in [-0.3, -0.25) is 9.59 Å². The number of amides is 2. The van der Waals surface area contributed by atoms with Gasteiger partial charge < -0.3 is 10.6 Å². The average Bonchev–Trinajstić information content (AvgIpc) is 2.52. The number of nitrogens with one attached hydrogen (secondary N) is 2. The summed E-state index contributed by atoms with van der Waals surface area (Å²) in [6.45, 7) is -0.526. The zero-order valence-electron chi connectivity index (χ0n) is 11.8. The van der Waals surface area contributed by atoms with Crippen molar-refractivity contribution in [2.24, 2.45) is 0 Å². The van der Waals surface area contributed by atoms with Crippen LogP contribution in [0.15, 0.2) is 30.3 Å². The molecular formula is C15H9Cl2F3N2O2. The fourth-order valence-corrected chi connectivity index (χ4v) is 2.29. The van der Waals surface area contributed by atoms with Crippen LogP contribution in [0.5, 0.6) is 0 Å². The first-order valence-corrected chi connectivity index (χ1v) is 7.21. The second kappa shape index (κ2) is 7.55. The van der Waals surface area contributed by atoms with Gasteiger partial charge in [0.05, 0.1) is 12.2 Å². The van der Waals surface area contributed by atoms with Crippen molar-refractivity contribution in [2.45, 2.75) is 0 Å². The van der Waals surface area contributed by atoms with Gasteiger partial charge in [-0.15, -0.1) is 0 Å². The Kier molecular flexibility index (Phi) is 5.69. The van der Waals surface area contributed by atoms with Crippen LogP contribution in [0.4, 0.5) is 18.9 Å². The minimum atomic E-state index is -1.70. The summed E-state index contributed by atoms with van der Waals surface area (Å²) in [6, 6.07) is 5.65. The maximum absolute atomic E-state index is 13.4. The predicted molar refractivity (Wildman–Crippen MR) is 83.7 cm³/mol. The second-order valence-corrected chi connectivity index (χ2v) is 5.48. The van der Waals surface area contributed by atoms with Gasteiger partial charge in [0.15, 0.2) is 17.5 Å². The van der Waals surface area contributed by atoms with Gasteiger partial charge in [0, 0.05) is 15.6 Å². The number of halogens is 5. The zero-order chi connectivity index (χ0) is 17.9. The van der Waals surface area contributed by atoms with E-state index < -0.39 is 41.5 Å². The van der Waals surface area contributed by atoms with Crippen molar-refractivity contribution >= 4 is 40.7 Å². The maximum Gasteiger partial charge on any atom is 0.251 e. The summed E-state index contributed by atoms with van der Waals surface area (Å²) in [7, 11) is 0. The fourth-order valence-electron chi connectivity index (χ4n) is 1.76. The lowest BCUT2D eigenvalue weighted by Gasteiger charge is -2.09. The van der Waals surface area contributed by atoms with Gasteiger partial charge in [0.2, 0.25) is 5.91 Å². The SMILES string of the molecule is O=C(CNC(=O)c1cc(Cl)cc(Cl)c1)Nc1ccc(F)c(F)c1F. The van der Waals surface area contributed by atoms with Crippen LogP contribution in [-0.4, -0.2) is 18.4 Å². The Hall–Kier alpha value is -2.25. The van der Waals surface area contributed by atoms with E-state index in [0.717, 1.165) is 6.07 Å². The molecule has 2 N–H and O–H groups in total. The van der Waals surface area contributed by atoms with E-state index >= 15 is 0 Å². The first-order valence-electron chi connectivity index (χ1n) is 6.45. The molecule has 0 heterocycles. The Morgan fingerprint density at radius 3 is 2.21 bits per heavy atom. The van der Waals surface area contributed by atoms with Gasteiger partial charge in [0.1, 0.15) is 0 Å². The van der Waals surface area contributed by atoms with Gasteiger partial charge >= 0.3 is 0 Å². The van der Waals surface area contributed by atoms with Gasteiger partial charge in [-0.2, -0.15) is 0 Å². The van der Waals surface area contributed by atoms with E-state index in [1.165, 1.54) is 18.2 Å². The van der Waals surface area contributed by atoms with Crippen molar-refractivity contribution in [3.8, 4) is 0 Å². The molecule has 0 aliphatic rings. The summed E-state index contributed by atoms with van der Waals surface area (Å²) < 4.78 is 39.3. The summed E-state index contributed by atoms with van der Waals surface area (Å²) >= 11 is 11.5. The number of carbonyl (C=O) groups is 2. The molecule has 0 bridgehead atoms. The topological polar surface area (TPSA) is 58.2 Å². The van der Waals surface area contributed by atoms with Crippen LogP contribution in [-0.2, 0) is 4.79 Å². The van der Waals surface area contributed by atoms with Crippen molar-refractivity contribution in [3.63, 3.8) is 0 Å². The van der Waals surface area contributed by atoms with Crippen LogP contribution in [0.3, 0.4) is 0 Å².